The van der Waals surface area contributed by atoms with Gasteiger partial charge in [0.25, 0.3) is 0 Å². The van der Waals surface area contributed by atoms with Crippen molar-refractivity contribution in [3.05, 3.63) is 82.8 Å². The number of ether oxygens (including phenoxy) is 1. The molecule has 0 bridgehead atoms. The maximum atomic E-state index is 12.8. The second kappa shape index (κ2) is 8.34. The second-order valence-electron chi connectivity index (χ2n) is 4.90. The lowest BCUT2D eigenvalue weighted by molar-refractivity contribution is -0.115. The molecule has 0 saturated carbocycles. The molecular weight excluding hydrogens is 306 g/mol. The quantitative estimate of drug-likeness (QED) is 0.497. The van der Waals surface area contributed by atoms with Gasteiger partial charge in [0.2, 0.25) is 5.39 Å². The monoisotopic (exact) mass is 324 g/mol. The van der Waals surface area contributed by atoms with Crippen molar-refractivity contribution in [1.29, 1.82) is 5.39 Å². The number of hydrogen-bond acceptors (Lipinski definition) is 4. The number of aliphatic hydroxyl groups excluding tert-OH is 1. The topological polar surface area (TPSA) is 77.9 Å². The predicted molar refractivity (Wildman–Crippen MR) is 90.4 cm³/mol. The second-order valence-corrected chi connectivity index (χ2v) is 4.90. The summed E-state index contributed by atoms with van der Waals surface area (Å²) < 4.78 is 4.89. The summed E-state index contributed by atoms with van der Waals surface area (Å²) in [6.45, 7) is 2.04. The Morgan fingerprint density at radius 3 is 2.25 bits per heavy atom. The molecule has 1 N–H and O–H groups in total. The predicted octanol–water partition coefficient (Wildman–Crippen LogP) is 3.84. The van der Waals surface area contributed by atoms with Gasteiger partial charge in [-0.15, -0.1) is 0 Å². The number of amides is 1. The van der Waals surface area contributed by atoms with E-state index in [-0.39, 0.29) is 13.2 Å². The Labute approximate surface area is 140 Å². The molecule has 6 heteroatoms. The van der Waals surface area contributed by atoms with E-state index in [4.69, 9.17) is 10.1 Å². The first kappa shape index (κ1) is 17.0. The van der Waals surface area contributed by atoms with Crippen molar-refractivity contribution >= 4 is 11.6 Å². The van der Waals surface area contributed by atoms with E-state index >= 15 is 0 Å². The molecule has 122 valence electrons. The molecule has 24 heavy (non-hydrogen) atoms. The van der Waals surface area contributed by atoms with Crippen LogP contribution < -0.4 is 4.90 Å². The average Bonchev–Trinajstić information content (AvgIpc) is 2.62. The molecule has 0 aliphatic rings. The van der Waals surface area contributed by atoms with Crippen molar-refractivity contribution in [2.45, 2.75) is 13.5 Å². The standard InChI is InChI=1S/C18H17N3O3/c1-2-24-18(23)16(20-19)17(22)21(15-11-7-4-8-12-15)13-14-9-5-3-6-10-14/h3-12H,2,13H2,1H3/p+1. The zero-order valence-electron chi connectivity index (χ0n) is 13.3. The number of para-hydroxylation sites is 1. The Kier molecular flexibility index (Phi) is 5.92. The molecule has 0 aliphatic carbocycles. The van der Waals surface area contributed by atoms with Crippen molar-refractivity contribution in [2.75, 3.05) is 11.5 Å². The Morgan fingerprint density at radius 1 is 1.12 bits per heavy atom. The molecule has 0 unspecified atom stereocenters. The Hall–Kier alpha value is -3.33. The summed E-state index contributed by atoms with van der Waals surface area (Å²) in [5.74, 6) is -1.38. The molecule has 2 aromatic rings. The van der Waals surface area contributed by atoms with Crippen LogP contribution >= 0.6 is 0 Å². The summed E-state index contributed by atoms with van der Waals surface area (Å²) in [6, 6.07) is 18.3. The smallest absolute Gasteiger partial charge is 0.475 e. The third-order valence-corrected chi connectivity index (χ3v) is 3.28. The van der Waals surface area contributed by atoms with Crippen LogP contribution in [0.1, 0.15) is 12.5 Å². The lowest BCUT2D eigenvalue weighted by atomic mass is 10.2. The van der Waals surface area contributed by atoms with Crippen LogP contribution in [0.3, 0.4) is 0 Å². The lowest BCUT2D eigenvalue weighted by Gasteiger charge is -2.20. The molecule has 1 amide bonds. The van der Waals surface area contributed by atoms with Gasteiger partial charge < -0.3 is 9.84 Å². The number of benzene rings is 2. The fourth-order valence-corrected chi connectivity index (χ4v) is 2.16. The Balaban J connectivity index is 2.41. The van der Waals surface area contributed by atoms with Crippen LogP contribution in [-0.2, 0) is 16.1 Å². The first-order valence-corrected chi connectivity index (χ1v) is 7.49. The maximum absolute atomic E-state index is 12.8. The number of hydrogen-bond donors (Lipinski definition) is 1. The molecule has 0 atom stereocenters. The minimum Gasteiger partial charge on any atom is -0.475 e. The third-order valence-electron chi connectivity index (χ3n) is 3.28. The molecule has 2 rings (SSSR count). The molecule has 0 heterocycles. The van der Waals surface area contributed by atoms with Crippen LogP contribution in [0.4, 0.5) is 5.69 Å². The Morgan fingerprint density at radius 2 is 1.71 bits per heavy atom. The van der Waals surface area contributed by atoms with Gasteiger partial charge in [-0.3, -0.25) is 9.69 Å². The number of carbonyl (C=O) groups is 1. The first-order valence-electron chi connectivity index (χ1n) is 7.49. The molecule has 0 radical (unpaired) electrons. The van der Waals surface area contributed by atoms with E-state index in [1.165, 1.54) is 4.90 Å². The highest BCUT2D eigenvalue weighted by atomic mass is 16.6. The number of carbonyl (C=O) groups excluding carboxylic acids is 1. The summed E-state index contributed by atoms with van der Waals surface area (Å²) in [4.78, 5) is 17.1. The van der Waals surface area contributed by atoms with Crippen LogP contribution in [0.15, 0.2) is 72.3 Å². The number of aliphatic hydroxyl groups is 1. The molecule has 0 aromatic heterocycles. The zero-order valence-corrected chi connectivity index (χ0v) is 13.3. The van der Waals surface area contributed by atoms with Crippen LogP contribution in [-0.4, -0.2) is 17.6 Å². The van der Waals surface area contributed by atoms with Crippen molar-refractivity contribution in [3.63, 3.8) is 0 Å². The van der Waals surface area contributed by atoms with Crippen molar-refractivity contribution < 1.29 is 14.6 Å². The number of nitrogens with zero attached hydrogens (tertiary/aromatic N) is 3. The zero-order chi connectivity index (χ0) is 17.4. The third kappa shape index (κ3) is 4.11. The molecule has 6 nitrogen and oxygen atoms in total. The highest BCUT2D eigenvalue weighted by Crippen LogP contribution is 2.21. The average molecular weight is 324 g/mol. The normalized spacial score (nSPS) is 11.2. The van der Waals surface area contributed by atoms with Crippen LogP contribution in [0.2, 0.25) is 0 Å². The van der Waals surface area contributed by atoms with Gasteiger partial charge in [-0.05, 0) is 24.6 Å². The summed E-state index contributed by atoms with van der Waals surface area (Å²) in [5, 5.41) is 18.9. The summed E-state index contributed by atoms with van der Waals surface area (Å²) in [7, 11) is 0. The number of anilines is 1. The number of rotatable bonds is 6. The van der Waals surface area contributed by atoms with Crippen molar-refractivity contribution in [2.24, 2.45) is 0 Å². The van der Waals surface area contributed by atoms with E-state index in [9.17, 15) is 9.90 Å². The lowest BCUT2D eigenvalue weighted by Crippen LogP contribution is -2.31. The molecular formula is C18H18N3O3+. The Bertz CT molecular complexity index is 752. The summed E-state index contributed by atoms with van der Waals surface area (Å²) >= 11 is 0. The first-order chi connectivity index (χ1) is 11.7. The highest BCUT2D eigenvalue weighted by Gasteiger charge is 2.36. The van der Waals surface area contributed by atoms with E-state index in [1.54, 1.807) is 31.2 Å². The molecule has 0 fully saturated rings. The van der Waals surface area contributed by atoms with Crippen molar-refractivity contribution in [3.8, 4) is 0 Å². The van der Waals surface area contributed by atoms with Gasteiger partial charge in [0.1, 0.15) is 0 Å². The van der Waals surface area contributed by atoms with Crippen LogP contribution in [0.25, 0.3) is 4.98 Å². The van der Waals surface area contributed by atoms with Gasteiger partial charge in [0, 0.05) is 5.69 Å². The van der Waals surface area contributed by atoms with Gasteiger partial charge in [-0.2, -0.15) is 0 Å². The minimum absolute atomic E-state index is 0.141. The van der Waals surface area contributed by atoms with Gasteiger partial charge in [0.05, 0.1) is 13.2 Å². The molecule has 0 spiro atoms. The van der Waals surface area contributed by atoms with Gasteiger partial charge in [-0.25, -0.2) is 0 Å². The molecule has 2 aromatic carbocycles. The van der Waals surface area contributed by atoms with Gasteiger partial charge in [0.15, 0.2) is 4.98 Å². The van der Waals surface area contributed by atoms with Crippen LogP contribution in [0, 0.1) is 5.39 Å². The number of diazo groups is 1. The van der Waals surface area contributed by atoms with E-state index < -0.39 is 17.5 Å². The fourth-order valence-electron chi connectivity index (χ4n) is 2.16. The fraction of sp³-hybridized carbons (Fsp3) is 0.167. The minimum atomic E-state index is -0.709. The SMILES string of the molecule is CCO/C(O)=C(\[N+]#N)C(=O)N(Cc1ccccc1)c1ccccc1. The molecule has 0 saturated heterocycles. The van der Waals surface area contributed by atoms with Gasteiger partial charge in [-0.1, -0.05) is 48.5 Å². The van der Waals surface area contributed by atoms with E-state index in [1.807, 2.05) is 36.4 Å². The highest BCUT2D eigenvalue weighted by molar-refractivity contribution is 6.06. The largest absolute Gasteiger partial charge is 0.527 e. The summed E-state index contributed by atoms with van der Waals surface area (Å²) in [5.41, 5.74) is 0.955. The van der Waals surface area contributed by atoms with Crippen molar-refractivity contribution in [1.82, 2.24) is 0 Å². The van der Waals surface area contributed by atoms with Crippen LogP contribution in [0.5, 0.6) is 0 Å². The molecule has 0 aliphatic heterocycles. The van der Waals surface area contributed by atoms with E-state index in [0.717, 1.165) is 5.56 Å². The van der Waals surface area contributed by atoms with E-state index in [0.29, 0.717) is 5.69 Å². The summed E-state index contributed by atoms with van der Waals surface area (Å²) in [6.07, 6.45) is 0. The maximum Gasteiger partial charge on any atom is 0.527 e. The van der Waals surface area contributed by atoms with E-state index in [2.05, 4.69) is 4.98 Å². The van der Waals surface area contributed by atoms with Gasteiger partial charge >= 0.3 is 17.5 Å².